The van der Waals surface area contributed by atoms with Crippen LogP contribution >= 0.6 is 0 Å². The van der Waals surface area contributed by atoms with Crippen LogP contribution in [0.2, 0.25) is 0 Å². The maximum atomic E-state index is 3.94. The number of hydrogen-bond donors (Lipinski definition) is 1. The van der Waals surface area contributed by atoms with Crippen LogP contribution in [0.3, 0.4) is 0 Å². The van der Waals surface area contributed by atoms with E-state index in [9.17, 15) is 0 Å². The summed E-state index contributed by atoms with van der Waals surface area (Å²) in [6, 6.07) is 0.887. The van der Waals surface area contributed by atoms with Crippen molar-refractivity contribution in [1.82, 2.24) is 5.32 Å². The van der Waals surface area contributed by atoms with Gasteiger partial charge in [-0.1, -0.05) is 12.8 Å². The Morgan fingerprint density at radius 3 is 2.06 bits per heavy atom. The van der Waals surface area contributed by atoms with Gasteiger partial charge < -0.3 is 5.32 Å². The van der Waals surface area contributed by atoms with Gasteiger partial charge in [0.2, 0.25) is 0 Å². The van der Waals surface area contributed by atoms with E-state index in [0.717, 1.165) is 29.2 Å². The molecule has 1 heterocycles. The summed E-state index contributed by atoms with van der Waals surface area (Å²) < 4.78 is 0. The van der Waals surface area contributed by atoms with Gasteiger partial charge in [0.1, 0.15) is 0 Å². The van der Waals surface area contributed by atoms with Crippen LogP contribution in [0.4, 0.5) is 0 Å². The van der Waals surface area contributed by atoms with E-state index in [1.165, 1.54) is 32.2 Å². The Balaban J connectivity index is 1.58. The monoisotopic (exact) mass is 233 g/mol. The molecule has 5 aliphatic rings. The van der Waals surface area contributed by atoms with Gasteiger partial charge in [-0.3, -0.25) is 0 Å². The minimum Gasteiger partial charge on any atom is -0.313 e. The van der Waals surface area contributed by atoms with Crippen LogP contribution in [0, 0.1) is 23.2 Å². The topological polar surface area (TPSA) is 12.0 Å². The summed E-state index contributed by atoms with van der Waals surface area (Å²) in [7, 11) is 0. The molecule has 96 valence electrons. The van der Waals surface area contributed by atoms with Gasteiger partial charge in [-0.2, -0.15) is 0 Å². The number of rotatable bonds is 1. The largest absolute Gasteiger partial charge is 0.313 e. The van der Waals surface area contributed by atoms with Crippen molar-refractivity contribution in [3.8, 4) is 0 Å². The van der Waals surface area contributed by atoms with E-state index in [2.05, 4.69) is 5.32 Å². The van der Waals surface area contributed by atoms with Crippen molar-refractivity contribution in [1.29, 1.82) is 0 Å². The zero-order valence-electron chi connectivity index (χ0n) is 11.1. The van der Waals surface area contributed by atoms with Crippen LogP contribution in [-0.2, 0) is 0 Å². The minimum absolute atomic E-state index is 0.749. The molecule has 1 N–H and O–H groups in total. The molecule has 4 saturated carbocycles. The van der Waals surface area contributed by atoms with Crippen LogP contribution in [0.25, 0.3) is 0 Å². The highest BCUT2D eigenvalue weighted by atomic mass is 14.9. The van der Waals surface area contributed by atoms with Crippen LogP contribution in [-0.4, -0.2) is 12.6 Å². The molecule has 1 heteroatoms. The molecule has 0 spiro atoms. The maximum Gasteiger partial charge on any atom is 0.0124 e. The fourth-order valence-electron chi connectivity index (χ4n) is 6.16. The standard InChI is InChI=1S/C16H27N/c1-2-4-15(17-5-3-1)16-9-12-6-13(10-16)8-14(7-12)11-16/h12-15,17H,1-11H2/t12?,13?,14?,15-,16?/m0/s1. The van der Waals surface area contributed by atoms with Crippen molar-refractivity contribution in [2.75, 3.05) is 6.54 Å². The Labute approximate surface area is 106 Å². The van der Waals surface area contributed by atoms with Gasteiger partial charge in [0.05, 0.1) is 0 Å². The molecule has 5 rings (SSSR count). The molecule has 17 heavy (non-hydrogen) atoms. The van der Waals surface area contributed by atoms with Gasteiger partial charge in [-0.15, -0.1) is 0 Å². The van der Waals surface area contributed by atoms with E-state index in [4.69, 9.17) is 0 Å². The maximum absolute atomic E-state index is 3.94. The molecule has 0 aromatic rings. The zero-order valence-corrected chi connectivity index (χ0v) is 11.1. The minimum atomic E-state index is 0.749. The third-order valence-electron chi connectivity index (χ3n) is 6.39. The van der Waals surface area contributed by atoms with E-state index in [0.29, 0.717) is 0 Å². The Bertz CT molecular complexity index is 253. The molecule has 0 unspecified atom stereocenters. The van der Waals surface area contributed by atoms with E-state index < -0.39 is 0 Å². The van der Waals surface area contributed by atoms with Crippen molar-refractivity contribution in [2.24, 2.45) is 23.2 Å². The Morgan fingerprint density at radius 1 is 0.765 bits per heavy atom. The highest BCUT2D eigenvalue weighted by molar-refractivity contribution is 5.06. The lowest BCUT2D eigenvalue weighted by molar-refractivity contribution is -0.0744. The lowest BCUT2D eigenvalue weighted by Gasteiger charge is -2.59. The van der Waals surface area contributed by atoms with Gasteiger partial charge >= 0.3 is 0 Å². The smallest absolute Gasteiger partial charge is 0.0124 e. The summed E-state index contributed by atoms with van der Waals surface area (Å²) in [5.41, 5.74) is 0.749. The molecule has 1 atom stereocenters. The van der Waals surface area contributed by atoms with Crippen LogP contribution in [0.15, 0.2) is 0 Å². The molecule has 0 amide bonds. The first-order valence-corrected chi connectivity index (χ1v) is 8.07. The van der Waals surface area contributed by atoms with Crippen molar-refractivity contribution in [2.45, 2.75) is 70.3 Å². The summed E-state index contributed by atoms with van der Waals surface area (Å²) in [6.45, 7) is 1.30. The third-order valence-corrected chi connectivity index (χ3v) is 6.39. The van der Waals surface area contributed by atoms with Gasteiger partial charge in [0.15, 0.2) is 0 Å². The second-order valence-electron chi connectivity index (χ2n) is 7.64. The zero-order chi connectivity index (χ0) is 11.3. The highest BCUT2D eigenvalue weighted by Gasteiger charge is 2.53. The first-order valence-electron chi connectivity index (χ1n) is 8.07. The lowest BCUT2D eigenvalue weighted by Crippen LogP contribution is -2.55. The second kappa shape index (κ2) is 3.98. The first kappa shape index (κ1) is 10.8. The molecule has 4 aliphatic carbocycles. The highest BCUT2D eigenvalue weighted by Crippen LogP contribution is 2.61. The first-order chi connectivity index (χ1) is 8.34. The molecule has 1 nitrogen and oxygen atoms in total. The summed E-state index contributed by atoms with van der Waals surface area (Å²) in [4.78, 5) is 0. The fourth-order valence-corrected chi connectivity index (χ4v) is 6.16. The summed E-state index contributed by atoms with van der Waals surface area (Å²) >= 11 is 0. The Morgan fingerprint density at radius 2 is 1.41 bits per heavy atom. The van der Waals surface area contributed by atoms with E-state index in [1.807, 2.05) is 0 Å². The third kappa shape index (κ3) is 1.77. The molecule has 0 radical (unpaired) electrons. The van der Waals surface area contributed by atoms with Crippen molar-refractivity contribution in [3.63, 3.8) is 0 Å². The van der Waals surface area contributed by atoms with Crippen molar-refractivity contribution in [3.05, 3.63) is 0 Å². The predicted molar refractivity (Wildman–Crippen MR) is 70.9 cm³/mol. The average molecular weight is 233 g/mol. The van der Waals surface area contributed by atoms with Gasteiger partial charge in [-0.25, -0.2) is 0 Å². The van der Waals surface area contributed by atoms with Gasteiger partial charge in [0, 0.05) is 6.04 Å². The fraction of sp³-hybridized carbons (Fsp3) is 1.00. The lowest BCUT2D eigenvalue weighted by atomic mass is 9.47. The quantitative estimate of drug-likeness (QED) is 0.727. The molecular formula is C16H27N. The van der Waals surface area contributed by atoms with Gasteiger partial charge in [0.25, 0.3) is 0 Å². The SMILES string of the molecule is C1CCN[C@H](C23CC4CC(CC(C4)C2)C3)CC1. The van der Waals surface area contributed by atoms with E-state index >= 15 is 0 Å². The van der Waals surface area contributed by atoms with Gasteiger partial charge in [-0.05, 0) is 81.1 Å². The van der Waals surface area contributed by atoms with Crippen LogP contribution < -0.4 is 5.32 Å². The number of nitrogens with one attached hydrogen (secondary N) is 1. The van der Waals surface area contributed by atoms with Crippen molar-refractivity contribution < 1.29 is 0 Å². The molecule has 1 aliphatic heterocycles. The molecule has 1 saturated heterocycles. The number of hydrogen-bond acceptors (Lipinski definition) is 1. The molecular weight excluding hydrogens is 206 g/mol. The average Bonchev–Trinajstić information content (AvgIpc) is 2.55. The molecule has 4 bridgehead atoms. The van der Waals surface area contributed by atoms with Crippen LogP contribution in [0.1, 0.15) is 64.2 Å². The summed E-state index contributed by atoms with van der Waals surface area (Å²) in [5, 5.41) is 3.94. The molecule has 0 aromatic heterocycles. The normalized spacial score (nSPS) is 53.6. The Kier molecular flexibility index (Phi) is 2.54. The summed E-state index contributed by atoms with van der Waals surface area (Å²) in [5.74, 6) is 3.35. The summed E-state index contributed by atoms with van der Waals surface area (Å²) in [6.07, 6.45) is 15.4. The molecule has 5 fully saturated rings. The van der Waals surface area contributed by atoms with E-state index in [-0.39, 0.29) is 0 Å². The van der Waals surface area contributed by atoms with Crippen LogP contribution in [0.5, 0.6) is 0 Å². The Hall–Kier alpha value is -0.0400. The van der Waals surface area contributed by atoms with Crippen molar-refractivity contribution >= 4 is 0 Å². The predicted octanol–water partition coefficient (Wildman–Crippen LogP) is 3.74. The molecule has 0 aromatic carbocycles. The van der Waals surface area contributed by atoms with E-state index in [1.54, 1.807) is 38.5 Å². The second-order valence-corrected chi connectivity index (χ2v) is 7.64.